The van der Waals surface area contributed by atoms with Crippen LogP contribution < -0.4 is 0 Å². The van der Waals surface area contributed by atoms with Gasteiger partial charge in [0.1, 0.15) is 0 Å². The summed E-state index contributed by atoms with van der Waals surface area (Å²) in [6, 6.07) is 10.4. The highest BCUT2D eigenvalue weighted by atomic mass is 16.2. The summed E-state index contributed by atoms with van der Waals surface area (Å²) < 4.78 is 0. The van der Waals surface area contributed by atoms with Gasteiger partial charge in [-0.15, -0.1) is 0 Å². The minimum absolute atomic E-state index is 0.147. The summed E-state index contributed by atoms with van der Waals surface area (Å²) in [4.78, 5) is 15.3. The highest BCUT2D eigenvalue weighted by Gasteiger charge is 2.25. The van der Waals surface area contributed by atoms with Gasteiger partial charge in [0, 0.05) is 24.6 Å². The molecule has 0 heterocycles. The van der Waals surface area contributed by atoms with Crippen molar-refractivity contribution in [1.82, 2.24) is 4.90 Å². The Balaban J connectivity index is 1.95. The van der Waals surface area contributed by atoms with Crippen LogP contribution in [0.1, 0.15) is 88.8 Å². The van der Waals surface area contributed by atoms with E-state index >= 15 is 0 Å². The van der Waals surface area contributed by atoms with Gasteiger partial charge in [0.15, 0.2) is 0 Å². The maximum Gasteiger partial charge on any atom is 0.254 e. The summed E-state index contributed by atoms with van der Waals surface area (Å²) in [6.45, 7) is 14.4. The molecule has 1 aliphatic rings. The summed E-state index contributed by atoms with van der Waals surface area (Å²) in [6.07, 6.45) is 5.06. The van der Waals surface area contributed by atoms with Crippen molar-refractivity contribution in [3.8, 4) is 6.07 Å². The molecule has 3 heteroatoms. The number of carbonyl (C=O) groups excluding carboxylic acids is 1. The van der Waals surface area contributed by atoms with Gasteiger partial charge in [0.05, 0.1) is 11.6 Å². The van der Waals surface area contributed by atoms with Crippen LogP contribution in [0, 0.1) is 32.1 Å². The normalized spacial score (nSPS) is 14.7. The minimum atomic E-state index is 0.147. The predicted molar refractivity (Wildman–Crippen MR) is 128 cm³/mol. The molecule has 0 radical (unpaired) electrons. The van der Waals surface area contributed by atoms with Crippen LogP contribution in [0.5, 0.6) is 0 Å². The first-order chi connectivity index (χ1) is 14.8. The summed E-state index contributed by atoms with van der Waals surface area (Å²) in [7, 11) is 0. The molecule has 3 nitrogen and oxygen atoms in total. The number of nitrogens with zero attached hydrogens (tertiary/aromatic N) is 2. The third kappa shape index (κ3) is 4.44. The van der Waals surface area contributed by atoms with Crippen molar-refractivity contribution in [2.45, 2.75) is 66.7 Å². The molecule has 0 aliphatic heterocycles. The van der Waals surface area contributed by atoms with E-state index < -0.39 is 0 Å². The molecule has 1 atom stereocenters. The van der Waals surface area contributed by atoms with Gasteiger partial charge in [0.25, 0.3) is 5.91 Å². The molecule has 162 valence electrons. The van der Waals surface area contributed by atoms with Crippen LogP contribution in [0.15, 0.2) is 29.8 Å². The lowest BCUT2D eigenvalue weighted by molar-refractivity contribution is 0.0754. The first kappa shape index (κ1) is 22.8. The molecule has 0 fully saturated rings. The van der Waals surface area contributed by atoms with E-state index in [0.717, 1.165) is 54.6 Å². The molecule has 31 heavy (non-hydrogen) atoms. The average molecular weight is 415 g/mol. The van der Waals surface area contributed by atoms with Crippen molar-refractivity contribution in [2.75, 3.05) is 13.1 Å². The van der Waals surface area contributed by atoms with Gasteiger partial charge in [-0.2, -0.15) is 5.26 Å². The van der Waals surface area contributed by atoms with Crippen molar-refractivity contribution >= 4 is 12.0 Å². The van der Waals surface area contributed by atoms with E-state index in [0.29, 0.717) is 0 Å². The molecular formula is C28H34N2O. The summed E-state index contributed by atoms with van der Waals surface area (Å²) in [5, 5.41) is 9.35. The zero-order valence-corrected chi connectivity index (χ0v) is 19.8. The molecule has 0 N–H and O–H groups in total. The summed E-state index contributed by atoms with van der Waals surface area (Å²) >= 11 is 0. The fourth-order valence-corrected chi connectivity index (χ4v) is 4.78. The lowest BCUT2D eigenvalue weighted by atomic mass is 9.87. The molecule has 3 rings (SSSR count). The van der Waals surface area contributed by atoms with E-state index in [1.165, 1.54) is 27.8 Å². The Kier molecular flexibility index (Phi) is 7.01. The minimum Gasteiger partial charge on any atom is -0.339 e. The van der Waals surface area contributed by atoms with Crippen molar-refractivity contribution in [3.05, 3.63) is 74.3 Å². The van der Waals surface area contributed by atoms with Crippen LogP contribution >= 0.6 is 0 Å². The zero-order chi connectivity index (χ0) is 22.7. The van der Waals surface area contributed by atoms with Crippen LogP contribution in [0.4, 0.5) is 0 Å². The number of aryl methyl sites for hydroxylation is 2. The molecule has 1 aliphatic carbocycles. The molecule has 0 saturated heterocycles. The van der Waals surface area contributed by atoms with E-state index in [4.69, 9.17) is 0 Å². The average Bonchev–Trinajstić information content (AvgIpc) is 3.06. The number of hydrogen-bond donors (Lipinski definition) is 0. The monoisotopic (exact) mass is 414 g/mol. The Bertz CT molecular complexity index is 1070. The molecule has 1 unspecified atom stereocenters. The quantitative estimate of drug-likeness (QED) is 0.520. The Labute approximate surface area is 187 Å². The molecular weight excluding hydrogens is 380 g/mol. The van der Waals surface area contributed by atoms with Gasteiger partial charge >= 0.3 is 0 Å². The number of benzene rings is 2. The molecule has 1 amide bonds. The number of amides is 1. The van der Waals surface area contributed by atoms with E-state index in [1.54, 1.807) is 0 Å². The van der Waals surface area contributed by atoms with Crippen molar-refractivity contribution < 1.29 is 4.79 Å². The highest BCUT2D eigenvalue weighted by molar-refractivity contribution is 5.96. The van der Waals surface area contributed by atoms with Crippen LogP contribution in [0.3, 0.4) is 0 Å². The van der Waals surface area contributed by atoms with Crippen molar-refractivity contribution in [3.63, 3.8) is 0 Å². The van der Waals surface area contributed by atoms with Gasteiger partial charge in [-0.25, -0.2) is 0 Å². The lowest BCUT2D eigenvalue weighted by Gasteiger charge is -2.24. The van der Waals surface area contributed by atoms with Gasteiger partial charge in [-0.05, 0) is 91.6 Å². The second kappa shape index (κ2) is 9.52. The predicted octanol–water partition coefficient (Wildman–Crippen LogP) is 6.49. The molecule has 0 aromatic heterocycles. The lowest BCUT2D eigenvalue weighted by Crippen LogP contribution is -2.33. The van der Waals surface area contributed by atoms with Gasteiger partial charge < -0.3 is 4.90 Å². The number of fused-ring (bicyclic) bond motifs is 1. The first-order valence-electron chi connectivity index (χ1n) is 11.5. The highest BCUT2D eigenvalue weighted by Crippen LogP contribution is 2.40. The second-order valence-electron chi connectivity index (χ2n) is 8.85. The Morgan fingerprint density at radius 2 is 1.74 bits per heavy atom. The number of carbonyl (C=O) groups is 1. The van der Waals surface area contributed by atoms with E-state index in [2.05, 4.69) is 59.8 Å². The van der Waals surface area contributed by atoms with E-state index in [1.807, 2.05) is 23.1 Å². The SMILES string of the molecule is CCCN(CCC)C(=O)c1ccc(C)c(CC2=Cc3c(C)cc(C#N)cc3C2C)c1C. The summed E-state index contributed by atoms with van der Waals surface area (Å²) in [5.74, 6) is 0.422. The topological polar surface area (TPSA) is 44.1 Å². The molecule has 2 aromatic rings. The van der Waals surface area contributed by atoms with Crippen LogP contribution in [-0.2, 0) is 6.42 Å². The molecule has 2 aromatic carbocycles. The van der Waals surface area contributed by atoms with Crippen LogP contribution in [-0.4, -0.2) is 23.9 Å². The number of hydrogen-bond acceptors (Lipinski definition) is 2. The smallest absolute Gasteiger partial charge is 0.254 e. The Morgan fingerprint density at radius 3 is 2.35 bits per heavy atom. The van der Waals surface area contributed by atoms with Crippen LogP contribution in [0.2, 0.25) is 0 Å². The van der Waals surface area contributed by atoms with E-state index in [-0.39, 0.29) is 11.8 Å². The fraction of sp³-hybridized carbons (Fsp3) is 0.429. The van der Waals surface area contributed by atoms with E-state index in [9.17, 15) is 10.1 Å². The van der Waals surface area contributed by atoms with Gasteiger partial charge in [0.2, 0.25) is 0 Å². The third-order valence-electron chi connectivity index (χ3n) is 6.62. The second-order valence-corrected chi connectivity index (χ2v) is 8.85. The van der Waals surface area contributed by atoms with Crippen LogP contribution in [0.25, 0.3) is 6.08 Å². The zero-order valence-electron chi connectivity index (χ0n) is 19.8. The number of rotatable bonds is 7. The maximum absolute atomic E-state index is 13.3. The number of allylic oxidation sites excluding steroid dienone is 1. The molecule has 0 spiro atoms. The standard InChI is InChI=1S/C28H34N2O/c1-7-11-30(12-8-2)28(31)24-10-9-18(3)25(21(24)6)15-23-16-26-19(4)13-22(17-29)14-27(26)20(23)5/h9-10,13-14,16,20H,7-8,11-12,15H2,1-6H3. The Morgan fingerprint density at radius 1 is 1.06 bits per heavy atom. The largest absolute Gasteiger partial charge is 0.339 e. The fourth-order valence-electron chi connectivity index (χ4n) is 4.78. The summed E-state index contributed by atoms with van der Waals surface area (Å²) in [5.41, 5.74) is 10.1. The first-order valence-corrected chi connectivity index (χ1v) is 11.5. The number of nitriles is 1. The van der Waals surface area contributed by atoms with Crippen molar-refractivity contribution in [2.24, 2.45) is 0 Å². The van der Waals surface area contributed by atoms with Gasteiger partial charge in [-0.1, -0.05) is 38.5 Å². The molecule has 0 saturated carbocycles. The Hall–Kier alpha value is -2.86. The maximum atomic E-state index is 13.3. The van der Waals surface area contributed by atoms with Crippen molar-refractivity contribution in [1.29, 1.82) is 5.26 Å². The molecule has 0 bridgehead atoms. The van der Waals surface area contributed by atoms with Gasteiger partial charge in [-0.3, -0.25) is 4.79 Å². The third-order valence-corrected chi connectivity index (χ3v) is 6.62.